The standard InChI is InChI=1S/C28H58O3/c1-3-5-7-9-11-13-15-17-21-27(23-19-25-29)31-28(24-20-26-30)22-18-16-14-12-10-8-6-4-2/h27-30H,3-26H2,1-2H3. The summed E-state index contributed by atoms with van der Waals surface area (Å²) in [5.41, 5.74) is 0. The zero-order chi connectivity index (χ0) is 22.8. The molecule has 0 spiro atoms. The van der Waals surface area contributed by atoms with Crippen LogP contribution in [0.15, 0.2) is 0 Å². The Morgan fingerprint density at radius 2 is 0.710 bits per heavy atom. The summed E-state index contributed by atoms with van der Waals surface area (Å²) < 4.78 is 6.55. The second-order valence-corrected chi connectivity index (χ2v) is 9.64. The molecule has 0 aromatic carbocycles. The molecule has 2 N–H and O–H groups in total. The molecule has 31 heavy (non-hydrogen) atoms. The summed E-state index contributed by atoms with van der Waals surface area (Å²) in [7, 11) is 0. The van der Waals surface area contributed by atoms with Gasteiger partial charge in [0.15, 0.2) is 0 Å². The van der Waals surface area contributed by atoms with Crippen molar-refractivity contribution in [3.8, 4) is 0 Å². The van der Waals surface area contributed by atoms with E-state index in [0.29, 0.717) is 0 Å². The molecule has 2 atom stereocenters. The van der Waals surface area contributed by atoms with E-state index in [-0.39, 0.29) is 25.4 Å². The molecule has 0 rings (SSSR count). The van der Waals surface area contributed by atoms with Crippen molar-refractivity contribution in [3.63, 3.8) is 0 Å². The number of aliphatic hydroxyl groups is 2. The molecule has 0 saturated heterocycles. The highest BCUT2D eigenvalue weighted by molar-refractivity contribution is 4.66. The first kappa shape index (κ1) is 30.9. The lowest BCUT2D eigenvalue weighted by atomic mass is 10.0. The predicted octanol–water partition coefficient (Wildman–Crippen LogP) is 8.35. The van der Waals surface area contributed by atoms with Crippen molar-refractivity contribution >= 4 is 0 Å². The summed E-state index contributed by atoms with van der Waals surface area (Å²) in [5, 5.41) is 18.6. The van der Waals surface area contributed by atoms with E-state index in [0.717, 1.165) is 38.5 Å². The Hall–Kier alpha value is -0.120. The van der Waals surface area contributed by atoms with Crippen molar-refractivity contribution in [2.24, 2.45) is 0 Å². The maximum absolute atomic E-state index is 9.29. The average molecular weight is 443 g/mol. The SMILES string of the molecule is CCCCCCCCCCC(CCCO)OC(CCCO)CCCCCCCCCC. The molecule has 0 aliphatic carbocycles. The fourth-order valence-electron chi connectivity index (χ4n) is 4.48. The Balaban J connectivity index is 4.13. The first-order valence-electron chi connectivity index (χ1n) is 14.2. The van der Waals surface area contributed by atoms with Gasteiger partial charge in [-0.2, -0.15) is 0 Å². The summed E-state index contributed by atoms with van der Waals surface area (Å²) >= 11 is 0. The molecule has 2 unspecified atom stereocenters. The highest BCUT2D eigenvalue weighted by Gasteiger charge is 2.16. The Bertz CT molecular complexity index is 291. The molecule has 0 fully saturated rings. The number of aliphatic hydroxyl groups excluding tert-OH is 2. The van der Waals surface area contributed by atoms with Crippen molar-refractivity contribution in [1.29, 1.82) is 0 Å². The van der Waals surface area contributed by atoms with E-state index in [4.69, 9.17) is 4.74 Å². The van der Waals surface area contributed by atoms with E-state index in [2.05, 4.69) is 13.8 Å². The third-order valence-electron chi connectivity index (χ3n) is 6.51. The molecule has 188 valence electrons. The van der Waals surface area contributed by atoms with Gasteiger partial charge in [0.05, 0.1) is 12.2 Å². The first-order chi connectivity index (χ1) is 15.3. The van der Waals surface area contributed by atoms with Gasteiger partial charge in [-0.15, -0.1) is 0 Å². The Morgan fingerprint density at radius 1 is 0.419 bits per heavy atom. The van der Waals surface area contributed by atoms with Crippen LogP contribution in [0.2, 0.25) is 0 Å². The predicted molar refractivity (Wildman–Crippen MR) is 136 cm³/mol. The van der Waals surface area contributed by atoms with E-state index in [1.165, 1.54) is 103 Å². The minimum atomic E-state index is 0.261. The zero-order valence-electron chi connectivity index (χ0n) is 21.4. The van der Waals surface area contributed by atoms with Gasteiger partial charge in [0.2, 0.25) is 0 Å². The second-order valence-electron chi connectivity index (χ2n) is 9.64. The molecule has 0 heterocycles. The number of rotatable bonds is 26. The van der Waals surface area contributed by atoms with Gasteiger partial charge < -0.3 is 14.9 Å². The number of unbranched alkanes of at least 4 members (excludes halogenated alkanes) is 14. The van der Waals surface area contributed by atoms with Gasteiger partial charge in [-0.25, -0.2) is 0 Å². The number of hydrogen-bond acceptors (Lipinski definition) is 3. The van der Waals surface area contributed by atoms with Crippen molar-refractivity contribution in [1.82, 2.24) is 0 Å². The molecule has 0 aromatic heterocycles. The van der Waals surface area contributed by atoms with Crippen LogP contribution in [0.1, 0.15) is 155 Å². The molecule has 3 heteroatoms. The minimum Gasteiger partial charge on any atom is -0.396 e. The highest BCUT2D eigenvalue weighted by Crippen LogP contribution is 2.21. The van der Waals surface area contributed by atoms with E-state index in [9.17, 15) is 10.2 Å². The van der Waals surface area contributed by atoms with Crippen molar-refractivity contribution in [2.75, 3.05) is 13.2 Å². The summed E-state index contributed by atoms with van der Waals surface area (Å²) in [6.45, 7) is 5.07. The van der Waals surface area contributed by atoms with Crippen LogP contribution in [0.25, 0.3) is 0 Å². The molecule has 0 amide bonds. The fraction of sp³-hybridized carbons (Fsp3) is 1.00. The van der Waals surface area contributed by atoms with Gasteiger partial charge in [-0.1, -0.05) is 117 Å². The lowest BCUT2D eigenvalue weighted by Gasteiger charge is -2.25. The zero-order valence-corrected chi connectivity index (χ0v) is 21.4. The van der Waals surface area contributed by atoms with Gasteiger partial charge in [0.1, 0.15) is 0 Å². The van der Waals surface area contributed by atoms with Crippen molar-refractivity contribution < 1.29 is 14.9 Å². The smallest absolute Gasteiger partial charge is 0.0579 e. The molecule has 0 aromatic rings. The Morgan fingerprint density at radius 3 is 1.03 bits per heavy atom. The quantitative estimate of drug-likeness (QED) is 0.132. The van der Waals surface area contributed by atoms with Crippen LogP contribution in [0, 0.1) is 0 Å². The monoisotopic (exact) mass is 442 g/mol. The molecule has 0 radical (unpaired) electrons. The van der Waals surface area contributed by atoms with Gasteiger partial charge in [-0.3, -0.25) is 0 Å². The van der Waals surface area contributed by atoms with E-state index in [1.54, 1.807) is 0 Å². The van der Waals surface area contributed by atoms with Crippen molar-refractivity contribution in [2.45, 2.75) is 167 Å². The van der Waals surface area contributed by atoms with E-state index in [1.807, 2.05) is 0 Å². The fourth-order valence-corrected chi connectivity index (χ4v) is 4.48. The molecule has 0 saturated carbocycles. The molecule has 0 aliphatic heterocycles. The van der Waals surface area contributed by atoms with Crippen LogP contribution in [-0.4, -0.2) is 35.6 Å². The van der Waals surface area contributed by atoms with Gasteiger partial charge in [0.25, 0.3) is 0 Å². The van der Waals surface area contributed by atoms with Gasteiger partial charge in [-0.05, 0) is 38.5 Å². The summed E-state index contributed by atoms with van der Waals surface area (Å²) in [4.78, 5) is 0. The third kappa shape index (κ3) is 22.9. The second kappa shape index (κ2) is 26.1. The molecule has 0 bridgehead atoms. The Labute approximate surface area is 195 Å². The highest BCUT2D eigenvalue weighted by atomic mass is 16.5. The van der Waals surface area contributed by atoms with E-state index >= 15 is 0 Å². The van der Waals surface area contributed by atoms with Crippen LogP contribution in [0.3, 0.4) is 0 Å². The van der Waals surface area contributed by atoms with Crippen LogP contribution in [-0.2, 0) is 4.74 Å². The largest absolute Gasteiger partial charge is 0.396 e. The molecule has 0 aliphatic rings. The number of ether oxygens (including phenoxy) is 1. The summed E-state index contributed by atoms with van der Waals surface area (Å²) in [5.74, 6) is 0. The maximum atomic E-state index is 9.29. The topological polar surface area (TPSA) is 49.7 Å². The summed E-state index contributed by atoms with van der Waals surface area (Å²) in [6, 6.07) is 0. The lowest BCUT2D eigenvalue weighted by Crippen LogP contribution is -2.23. The number of hydrogen-bond donors (Lipinski definition) is 2. The average Bonchev–Trinajstić information content (AvgIpc) is 2.78. The normalized spacial score (nSPS) is 13.5. The lowest BCUT2D eigenvalue weighted by molar-refractivity contribution is -0.0349. The molecule has 3 nitrogen and oxygen atoms in total. The van der Waals surface area contributed by atoms with Crippen LogP contribution in [0.5, 0.6) is 0 Å². The van der Waals surface area contributed by atoms with Crippen molar-refractivity contribution in [3.05, 3.63) is 0 Å². The maximum Gasteiger partial charge on any atom is 0.0579 e. The minimum absolute atomic E-state index is 0.261. The van der Waals surface area contributed by atoms with Gasteiger partial charge in [0, 0.05) is 13.2 Å². The molecular weight excluding hydrogens is 384 g/mol. The first-order valence-corrected chi connectivity index (χ1v) is 14.2. The van der Waals surface area contributed by atoms with Crippen LogP contribution >= 0.6 is 0 Å². The summed E-state index contributed by atoms with van der Waals surface area (Å²) in [6.07, 6.45) is 28.0. The molecular formula is C28H58O3. The Kier molecular flexibility index (Phi) is 26.0. The van der Waals surface area contributed by atoms with Crippen LogP contribution in [0.4, 0.5) is 0 Å². The van der Waals surface area contributed by atoms with Gasteiger partial charge >= 0.3 is 0 Å². The van der Waals surface area contributed by atoms with Crippen LogP contribution < -0.4 is 0 Å². The third-order valence-corrected chi connectivity index (χ3v) is 6.51. The van der Waals surface area contributed by atoms with E-state index < -0.39 is 0 Å².